The fraction of sp³-hybridized carbons (Fsp3) is 0. The summed E-state index contributed by atoms with van der Waals surface area (Å²) in [5, 5.41) is 0.527. The second kappa shape index (κ2) is 5.08. The maximum atomic E-state index is 11.2. The Balaban J connectivity index is 2.43. The van der Waals surface area contributed by atoms with Gasteiger partial charge >= 0.3 is 0 Å². The first kappa shape index (κ1) is 13.7. The first-order valence-corrected chi connectivity index (χ1v) is 6.98. The third-order valence-corrected chi connectivity index (χ3v) is 3.41. The Bertz CT molecular complexity index is 698. The van der Waals surface area contributed by atoms with Crippen LogP contribution in [0.2, 0.25) is 5.02 Å². The number of ether oxygens (including phenoxy) is 1. The molecule has 0 aliphatic rings. The predicted molar refractivity (Wildman–Crippen MR) is 72.2 cm³/mol. The normalized spacial score (nSPS) is 11.3. The van der Waals surface area contributed by atoms with E-state index < -0.39 is 10.1 Å². The van der Waals surface area contributed by atoms with Gasteiger partial charge in [0.05, 0.1) is 0 Å². The zero-order valence-corrected chi connectivity index (χ0v) is 11.1. The number of nitrogens with two attached hydrogens (primary N) is 1. The topological polar surface area (TPSA) is 89.6 Å². The maximum absolute atomic E-state index is 11.2. The Kier molecular flexibility index (Phi) is 3.66. The average molecular weight is 300 g/mol. The fourth-order valence-corrected chi connectivity index (χ4v) is 2.22. The molecule has 0 amide bonds. The molecule has 5 nitrogen and oxygen atoms in total. The van der Waals surface area contributed by atoms with Crippen LogP contribution >= 0.6 is 11.6 Å². The van der Waals surface area contributed by atoms with Crippen LogP contribution < -0.4 is 10.5 Å². The van der Waals surface area contributed by atoms with Crippen molar-refractivity contribution >= 4 is 27.4 Å². The molecule has 0 aromatic heterocycles. The molecule has 2 aromatic rings. The lowest BCUT2D eigenvalue weighted by molar-refractivity contribution is 0.450. The van der Waals surface area contributed by atoms with Crippen LogP contribution in [0.5, 0.6) is 11.5 Å². The van der Waals surface area contributed by atoms with E-state index in [-0.39, 0.29) is 16.3 Å². The molecule has 2 aromatic carbocycles. The van der Waals surface area contributed by atoms with E-state index in [1.54, 1.807) is 24.3 Å². The third-order valence-electron chi connectivity index (χ3n) is 2.29. The summed E-state index contributed by atoms with van der Waals surface area (Å²) in [6.07, 6.45) is 0. The van der Waals surface area contributed by atoms with Crippen molar-refractivity contribution in [3.63, 3.8) is 0 Å². The molecule has 2 rings (SSSR count). The molecular weight excluding hydrogens is 290 g/mol. The molecule has 0 radical (unpaired) electrons. The van der Waals surface area contributed by atoms with E-state index in [2.05, 4.69) is 0 Å². The van der Waals surface area contributed by atoms with E-state index in [9.17, 15) is 8.42 Å². The summed E-state index contributed by atoms with van der Waals surface area (Å²) in [6.45, 7) is 0. The monoisotopic (exact) mass is 299 g/mol. The number of halogens is 1. The standard InChI is InChI=1S/C12H10ClNO4S/c13-8-1-4-10(5-2-8)18-11-6-3-9(14)7-12(11)19(15,16)17/h1-7H,14H2,(H,15,16,17). The molecular formula is C12H10ClNO4S. The summed E-state index contributed by atoms with van der Waals surface area (Å²) in [4.78, 5) is -0.387. The number of rotatable bonds is 3. The van der Waals surface area contributed by atoms with E-state index in [0.717, 1.165) is 6.07 Å². The first-order valence-electron chi connectivity index (χ1n) is 5.17. The number of anilines is 1. The lowest BCUT2D eigenvalue weighted by atomic mass is 10.3. The van der Waals surface area contributed by atoms with Crippen LogP contribution in [0.3, 0.4) is 0 Å². The van der Waals surface area contributed by atoms with E-state index >= 15 is 0 Å². The lowest BCUT2D eigenvalue weighted by Crippen LogP contribution is -2.02. The van der Waals surface area contributed by atoms with Gasteiger partial charge in [0, 0.05) is 10.7 Å². The van der Waals surface area contributed by atoms with Crippen molar-refractivity contribution in [1.82, 2.24) is 0 Å². The van der Waals surface area contributed by atoms with Crippen molar-refractivity contribution < 1.29 is 17.7 Å². The van der Waals surface area contributed by atoms with Gasteiger partial charge in [-0.25, -0.2) is 0 Å². The van der Waals surface area contributed by atoms with Gasteiger partial charge in [-0.05, 0) is 42.5 Å². The van der Waals surface area contributed by atoms with E-state index in [4.69, 9.17) is 26.6 Å². The highest BCUT2D eigenvalue weighted by atomic mass is 35.5. The Morgan fingerprint density at radius 3 is 2.32 bits per heavy atom. The highest BCUT2D eigenvalue weighted by molar-refractivity contribution is 7.86. The summed E-state index contributed by atoms with van der Waals surface area (Å²) in [6, 6.07) is 10.3. The average Bonchev–Trinajstić information content (AvgIpc) is 2.33. The zero-order chi connectivity index (χ0) is 14.0. The number of benzene rings is 2. The molecule has 0 aliphatic heterocycles. The Labute approximate surface area is 115 Å². The Morgan fingerprint density at radius 2 is 1.74 bits per heavy atom. The van der Waals surface area contributed by atoms with Crippen molar-refractivity contribution in [3.05, 3.63) is 47.5 Å². The summed E-state index contributed by atoms with van der Waals surface area (Å²) >= 11 is 5.73. The molecule has 0 saturated carbocycles. The largest absolute Gasteiger partial charge is 0.456 e. The van der Waals surface area contributed by atoms with Crippen LogP contribution in [-0.4, -0.2) is 13.0 Å². The van der Waals surface area contributed by atoms with Crippen molar-refractivity contribution in [2.75, 3.05) is 5.73 Å². The van der Waals surface area contributed by atoms with Crippen molar-refractivity contribution in [3.8, 4) is 11.5 Å². The second-order valence-corrected chi connectivity index (χ2v) is 5.56. The summed E-state index contributed by atoms with van der Waals surface area (Å²) < 4.78 is 37.0. The van der Waals surface area contributed by atoms with Gasteiger partial charge in [-0.2, -0.15) is 8.42 Å². The lowest BCUT2D eigenvalue weighted by Gasteiger charge is -2.10. The van der Waals surface area contributed by atoms with Crippen LogP contribution in [0.25, 0.3) is 0 Å². The number of nitrogen functional groups attached to an aromatic ring is 1. The zero-order valence-electron chi connectivity index (χ0n) is 9.58. The van der Waals surface area contributed by atoms with Gasteiger partial charge < -0.3 is 10.5 Å². The van der Waals surface area contributed by atoms with Crippen LogP contribution in [0.4, 0.5) is 5.69 Å². The van der Waals surface area contributed by atoms with Gasteiger partial charge in [0.25, 0.3) is 10.1 Å². The van der Waals surface area contributed by atoms with Crippen LogP contribution in [-0.2, 0) is 10.1 Å². The van der Waals surface area contributed by atoms with E-state index in [1.165, 1.54) is 12.1 Å². The fourth-order valence-electron chi connectivity index (χ4n) is 1.44. The van der Waals surface area contributed by atoms with Gasteiger partial charge in [0.15, 0.2) is 0 Å². The van der Waals surface area contributed by atoms with E-state index in [0.29, 0.717) is 10.8 Å². The number of hydrogen-bond donors (Lipinski definition) is 2. The predicted octanol–water partition coefficient (Wildman–Crippen LogP) is 2.96. The summed E-state index contributed by atoms with van der Waals surface area (Å²) in [7, 11) is -4.42. The van der Waals surface area contributed by atoms with Gasteiger partial charge in [-0.1, -0.05) is 11.6 Å². The van der Waals surface area contributed by atoms with Crippen LogP contribution in [0, 0.1) is 0 Å². The smallest absolute Gasteiger partial charge is 0.298 e. The molecule has 0 spiro atoms. The van der Waals surface area contributed by atoms with Crippen LogP contribution in [0.1, 0.15) is 0 Å². The van der Waals surface area contributed by atoms with Gasteiger partial charge in [-0.3, -0.25) is 4.55 Å². The van der Waals surface area contributed by atoms with Crippen molar-refractivity contribution in [2.24, 2.45) is 0 Å². The van der Waals surface area contributed by atoms with Crippen molar-refractivity contribution in [2.45, 2.75) is 4.90 Å². The second-order valence-electron chi connectivity index (χ2n) is 3.74. The minimum absolute atomic E-state index is 0.0148. The molecule has 19 heavy (non-hydrogen) atoms. The number of hydrogen-bond acceptors (Lipinski definition) is 4. The Morgan fingerprint density at radius 1 is 1.11 bits per heavy atom. The summed E-state index contributed by atoms with van der Waals surface area (Å²) in [5.74, 6) is 0.373. The summed E-state index contributed by atoms with van der Waals surface area (Å²) in [5.41, 5.74) is 5.69. The van der Waals surface area contributed by atoms with Gasteiger partial charge in [-0.15, -0.1) is 0 Å². The molecule has 0 atom stereocenters. The first-order chi connectivity index (χ1) is 8.86. The van der Waals surface area contributed by atoms with E-state index in [1.807, 2.05) is 0 Å². The highest BCUT2D eigenvalue weighted by Crippen LogP contribution is 2.30. The van der Waals surface area contributed by atoms with Gasteiger partial charge in [0.1, 0.15) is 16.4 Å². The third kappa shape index (κ3) is 3.37. The molecule has 0 fully saturated rings. The molecule has 0 aliphatic carbocycles. The highest BCUT2D eigenvalue weighted by Gasteiger charge is 2.17. The molecule has 0 unspecified atom stereocenters. The SMILES string of the molecule is Nc1ccc(Oc2ccc(Cl)cc2)c(S(=O)(=O)O)c1. The molecule has 0 heterocycles. The van der Waals surface area contributed by atoms with Gasteiger partial charge in [0.2, 0.25) is 0 Å². The Hall–Kier alpha value is -1.76. The maximum Gasteiger partial charge on any atom is 0.298 e. The molecule has 3 N–H and O–H groups in total. The molecule has 0 bridgehead atoms. The minimum atomic E-state index is -4.42. The minimum Gasteiger partial charge on any atom is -0.456 e. The molecule has 0 saturated heterocycles. The molecule has 7 heteroatoms. The molecule has 100 valence electrons. The quantitative estimate of drug-likeness (QED) is 0.672. The van der Waals surface area contributed by atoms with Crippen LogP contribution in [0.15, 0.2) is 47.4 Å². The van der Waals surface area contributed by atoms with Crippen molar-refractivity contribution in [1.29, 1.82) is 0 Å².